The number of ether oxygens (including phenoxy) is 1. The Morgan fingerprint density at radius 3 is 2.41 bits per heavy atom. The molecule has 1 aromatic heterocycles. The van der Waals surface area contributed by atoms with E-state index < -0.39 is 0 Å². The fourth-order valence-electron chi connectivity index (χ4n) is 2.53. The average molecular weight is 364 g/mol. The minimum Gasteiger partial charge on any atom is -0.457 e. The van der Waals surface area contributed by atoms with E-state index in [0.29, 0.717) is 5.95 Å². The van der Waals surface area contributed by atoms with E-state index in [2.05, 4.69) is 20.6 Å². The Morgan fingerprint density at radius 1 is 0.926 bits per heavy atom. The van der Waals surface area contributed by atoms with Crippen LogP contribution in [0.25, 0.3) is 0 Å². The zero-order valence-corrected chi connectivity index (χ0v) is 15.4. The maximum absolute atomic E-state index is 8.85. The van der Waals surface area contributed by atoms with Gasteiger partial charge in [-0.1, -0.05) is 18.2 Å². The third kappa shape index (κ3) is 5.97. The lowest BCUT2D eigenvalue weighted by Crippen LogP contribution is -2.07. The Balaban J connectivity index is 1.61. The Morgan fingerprint density at radius 2 is 1.67 bits per heavy atom. The van der Waals surface area contributed by atoms with Crippen LogP contribution in [0.3, 0.4) is 0 Å². The van der Waals surface area contributed by atoms with Crippen LogP contribution in [0.5, 0.6) is 11.5 Å². The van der Waals surface area contributed by atoms with Crippen molar-refractivity contribution < 1.29 is 9.84 Å². The molecule has 0 radical (unpaired) electrons. The zero-order valence-electron chi connectivity index (χ0n) is 15.4. The molecule has 0 atom stereocenters. The number of hydrogen-bond donors (Lipinski definition) is 3. The van der Waals surface area contributed by atoms with Gasteiger partial charge in [-0.05, 0) is 56.2 Å². The lowest BCUT2D eigenvalue weighted by molar-refractivity contribution is 0.286. The molecule has 0 amide bonds. The number of nitrogens with zero attached hydrogens (tertiary/aromatic N) is 2. The van der Waals surface area contributed by atoms with Gasteiger partial charge in [0.1, 0.15) is 17.3 Å². The van der Waals surface area contributed by atoms with Gasteiger partial charge in [0.05, 0.1) is 0 Å². The smallest absolute Gasteiger partial charge is 0.229 e. The molecule has 0 saturated heterocycles. The van der Waals surface area contributed by atoms with Crippen LogP contribution in [-0.2, 0) is 0 Å². The second kappa shape index (κ2) is 9.54. The summed E-state index contributed by atoms with van der Waals surface area (Å²) in [7, 11) is 0. The van der Waals surface area contributed by atoms with Crippen molar-refractivity contribution in [2.75, 3.05) is 23.8 Å². The predicted octanol–water partition coefficient (Wildman–Crippen LogP) is 4.51. The molecule has 27 heavy (non-hydrogen) atoms. The first kappa shape index (κ1) is 18.7. The van der Waals surface area contributed by atoms with Gasteiger partial charge in [-0.15, -0.1) is 0 Å². The molecule has 6 nitrogen and oxygen atoms in total. The molecule has 0 fully saturated rings. The van der Waals surface area contributed by atoms with E-state index in [1.807, 2.05) is 67.6 Å². The average Bonchev–Trinajstić information content (AvgIpc) is 2.67. The highest BCUT2D eigenvalue weighted by molar-refractivity contribution is 5.56. The third-order valence-corrected chi connectivity index (χ3v) is 3.83. The van der Waals surface area contributed by atoms with Crippen LogP contribution in [0.15, 0.2) is 60.7 Å². The zero-order chi connectivity index (χ0) is 18.9. The van der Waals surface area contributed by atoms with Crippen LogP contribution in [0.4, 0.5) is 17.5 Å². The maximum atomic E-state index is 8.85. The summed E-state index contributed by atoms with van der Waals surface area (Å²) < 4.78 is 5.80. The van der Waals surface area contributed by atoms with Gasteiger partial charge in [-0.3, -0.25) is 0 Å². The topological polar surface area (TPSA) is 79.3 Å². The van der Waals surface area contributed by atoms with E-state index in [-0.39, 0.29) is 6.61 Å². The number of benzene rings is 2. The Bertz CT molecular complexity index is 839. The largest absolute Gasteiger partial charge is 0.457 e. The monoisotopic (exact) mass is 364 g/mol. The number of aromatic nitrogens is 2. The van der Waals surface area contributed by atoms with Crippen molar-refractivity contribution in [3.8, 4) is 11.5 Å². The lowest BCUT2D eigenvalue weighted by Gasteiger charge is -2.10. The number of aliphatic hydroxyl groups is 1. The molecule has 140 valence electrons. The number of hydrogen-bond acceptors (Lipinski definition) is 6. The summed E-state index contributed by atoms with van der Waals surface area (Å²) in [6, 6.07) is 19.2. The van der Waals surface area contributed by atoms with Crippen molar-refractivity contribution in [1.29, 1.82) is 0 Å². The number of nitrogens with one attached hydrogen (secondary N) is 2. The highest BCUT2D eigenvalue weighted by atomic mass is 16.5. The fourth-order valence-corrected chi connectivity index (χ4v) is 2.53. The van der Waals surface area contributed by atoms with Gasteiger partial charge >= 0.3 is 0 Å². The SMILES string of the molecule is Cc1cc(NCCCCO)nc(Nc2ccc(Oc3ccccc3)cc2)n1. The van der Waals surface area contributed by atoms with Crippen molar-refractivity contribution in [3.05, 3.63) is 66.4 Å². The summed E-state index contributed by atoms with van der Waals surface area (Å²) in [5, 5.41) is 15.3. The highest BCUT2D eigenvalue weighted by Crippen LogP contribution is 2.24. The van der Waals surface area contributed by atoms with Crippen molar-refractivity contribution in [3.63, 3.8) is 0 Å². The quantitative estimate of drug-likeness (QED) is 0.485. The second-order valence-electron chi connectivity index (χ2n) is 6.14. The number of aliphatic hydroxyl groups excluding tert-OH is 1. The van der Waals surface area contributed by atoms with Gasteiger partial charge in [0.2, 0.25) is 5.95 Å². The number of para-hydroxylation sites is 1. The van der Waals surface area contributed by atoms with Crippen LogP contribution >= 0.6 is 0 Å². The number of rotatable bonds is 9. The van der Waals surface area contributed by atoms with Crippen LogP contribution in [0.2, 0.25) is 0 Å². The molecule has 0 aliphatic carbocycles. The van der Waals surface area contributed by atoms with E-state index in [0.717, 1.165) is 48.1 Å². The van der Waals surface area contributed by atoms with Crippen LogP contribution in [0, 0.1) is 6.92 Å². The minimum atomic E-state index is 0.210. The van der Waals surface area contributed by atoms with E-state index in [4.69, 9.17) is 9.84 Å². The predicted molar refractivity (Wildman–Crippen MR) is 108 cm³/mol. The maximum Gasteiger partial charge on any atom is 0.229 e. The van der Waals surface area contributed by atoms with Crippen LogP contribution < -0.4 is 15.4 Å². The fraction of sp³-hybridized carbons (Fsp3) is 0.238. The van der Waals surface area contributed by atoms with Gasteiger partial charge in [-0.2, -0.15) is 4.98 Å². The Hall–Kier alpha value is -3.12. The molecule has 3 rings (SSSR count). The standard InChI is InChI=1S/C21H24N4O2/c1-16-15-20(22-13-5-6-14-26)25-21(23-16)24-17-9-11-19(12-10-17)27-18-7-3-2-4-8-18/h2-4,7-12,15,26H,5-6,13-14H2,1H3,(H2,22,23,24,25). The van der Waals surface area contributed by atoms with Gasteiger partial charge in [0.25, 0.3) is 0 Å². The molecule has 0 bridgehead atoms. The van der Waals surface area contributed by atoms with Crippen molar-refractivity contribution in [1.82, 2.24) is 9.97 Å². The molecule has 3 N–H and O–H groups in total. The Kier molecular flexibility index (Phi) is 6.60. The van der Waals surface area contributed by atoms with Gasteiger partial charge < -0.3 is 20.5 Å². The summed E-state index contributed by atoms with van der Waals surface area (Å²) in [6.07, 6.45) is 1.67. The lowest BCUT2D eigenvalue weighted by atomic mass is 10.3. The summed E-state index contributed by atoms with van der Waals surface area (Å²) in [5.41, 5.74) is 1.76. The number of aryl methyl sites for hydroxylation is 1. The molecule has 0 saturated carbocycles. The molecule has 0 aliphatic heterocycles. The number of anilines is 3. The summed E-state index contributed by atoms with van der Waals surface area (Å²) in [5.74, 6) is 2.88. The van der Waals surface area contributed by atoms with E-state index in [1.165, 1.54) is 0 Å². The second-order valence-corrected chi connectivity index (χ2v) is 6.14. The third-order valence-electron chi connectivity index (χ3n) is 3.83. The van der Waals surface area contributed by atoms with E-state index >= 15 is 0 Å². The van der Waals surface area contributed by atoms with Crippen molar-refractivity contribution >= 4 is 17.5 Å². The summed E-state index contributed by atoms with van der Waals surface area (Å²) in [6.45, 7) is 2.91. The molecule has 1 heterocycles. The van der Waals surface area contributed by atoms with Gasteiger partial charge in [0, 0.05) is 30.6 Å². The van der Waals surface area contributed by atoms with Gasteiger partial charge in [0.15, 0.2) is 0 Å². The molecule has 0 spiro atoms. The minimum absolute atomic E-state index is 0.210. The first-order chi connectivity index (χ1) is 13.2. The van der Waals surface area contributed by atoms with Crippen LogP contribution in [0.1, 0.15) is 18.5 Å². The molecule has 0 unspecified atom stereocenters. The molecular weight excluding hydrogens is 340 g/mol. The Labute approximate surface area is 159 Å². The van der Waals surface area contributed by atoms with E-state index in [1.54, 1.807) is 0 Å². The van der Waals surface area contributed by atoms with Crippen molar-refractivity contribution in [2.45, 2.75) is 19.8 Å². The summed E-state index contributed by atoms with van der Waals surface area (Å²) >= 11 is 0. The first-order valence-electron chi connectivity index (χ1n) is 9.03. The van der Waals surface area contributed by atoms with Crippen molar-refractivity contribution in [2.24, 2.45) is 0 Å². The molecule has 6 heteroatoms. The first-order valence-corrected chi connectivity index (χ1v) is 9.03. The molecule has 2 aromatic carbocycles. The summed E-state index contributed by atoms with van der Waals surface area (Å²) in [4.78, 5) is 8.92. The van der Waals surface area contributed by atoms with E-state index in [9.17, 15) is 0 Å². The number of unbranched alkanes of at least 4 members (excludes halogenated alkanes) is 1. The molecule has 3 aromatic rings. The normalized spacial score (nSPS) is 10.4. The van der Waals surface area contributed by atoms with Crippen LogP contribution in [-0.4, -0.2) is 28.2 Å². The molecule has 0 aliphatic rings. The van der Waals surface area contributed by atoms with Gasteiger partial charge in [-0.25, -0.2) is 4.98 Å². The molecular formula is C21H24N4O2. The highest BCUT2D eigenvalue weighted by Gasteiger charge is 2.04.